The van der Waals surface area contributed by atoms with Gasteiger partial charge in [-0.25, -0.2) is 9.78 Å². The van der Waals surface area contributed by atoms with Crippen LogP contribution in [-0.2, 0) is 14.4 Å². The van der Waals surface area contributed by atoms with Gasteiger partial charge in [0.1, 0.15) is 0 Å². The number of hydrogen-bond acceptors (Lipinski definition) is 7. The number of carboxylic acid groups (broad SMARTS) is 1. The molecule has 1 amide bonds. The summed E-state index contributed by atoms with van der Waals surface area (Å²) in [4.78, 5) is 53.0. The van der Waals surface area contributed by atoms with E-state index in [4.69, 9.17) is 4.84 Å². The molecule has 2 saturated carbocycles. The molecule has 10 heteroatoms. The second-order valence-corrected chi connectivity index (χ2v) is 13.0. The average molecular weight is 592 g/mol. The lowest BCUT2D eigenvalue weighted by Gasteiger charge is -2.55. The molecule has 4 unspecified atom stereocenters. The molecule has 232 valence electrons. The molecule has 2 aromatic rings. The van der Waals surface area contributed by atoms with Gasteiger partial charge in [-0.15, -0.1) is 0 Å². The van der Waals surface area contributed by atoms with Gasteiger partial charge < -0.3 is 19.4 Å². The van der Waals surface area contributed by atoms with Crippen LogP contribution in [0.25, 0.3) is 11.0 Å². The Bertz CT molecular complexity index is 1410. The molecule has 1 N–H and O–H groups in total. The molecule has 1 aromatic carbocycles. The molecule has 2 aliphatic carbocycles. The number of carbonyl (C=O) groups is 2. The second kappa shape index (κ2) is 12.8. The van der Waals surface area contributed by atoms with Crippen LogP contribution in [0.5, 0.6) is 0 Å². The zero-order chi connectivity index (χ0) is 30.1. The number of nitrogens with zero attached hydrogens (tertiary/aromatic N) is 5. The van der Waals surface area contributed by atoms with Crippen molar-refractivity contribution in [1.82, 2.24) is 19.4 Å². The summed E-state index contributed by atoms with van der Waals surface area (Å²) in [6.45, 7) is 4.31. The zero-order valence-electron chi connectivity index (χ0n) is 25.5. The van der Waals surface area contributed by atoms with E-state index in [1.54, 1.807) is 15.5 Å². The second-order valence-electron chi connectivity index (χ2n) is 13.0. The predicted octanol–water partition coefficient (Wildman–Crippen LogP) is 4.60. The number of amides is 1. The Morgan fingerprint density at radius 3 is 2.23 bits per heavy atom. The highest BCUT2D eigenvalue weighted by molar-refractivity contribution is 6.41. The summed E-state index contributed by atoms with van der Waals surface area (Å²) in [6.07, 6.45) is 13.4. The lowest BCUT2D eigenvalue weighted by atomic mass is 9.68. The minimum absolute atomic E-state index is 0.0611. The van der Waals surface area contributed by atoms with Crippen molar-refractivity contribution in [3.63, 3.8) is 0 Å². The number of likely N-dealkylation sites (N-methyl/N-ethyl adjacent to an activating group) is 1. The van der Waals surface area contributed by atoms with E-state index in [0.29, 0.717) is 42.2 Å². The normalized spacial score (nSPS) is 29.3. The standard InChI is InChI=1S/C33H45N5O5/c1-3-36(4-2)29(39)20-43-35-31(33(41)42)30-32(40)38(28-14-6-5-13-27(28)34-30)26-18-23-11-8-12-24(19-26)37(23)25-16-21-9-7-10-22(15-21)17-25/h5-6,13-14,21-26H,3-4,7-12,15-20H2,1-2H3,(H,41,42)/b35-31-. The Kier molecular flexibility index (Phi) is 8.84. The summed E-state index contributed by atoms with van der Waals surface area (Å²) < 4.78 is 1.79. The van der Waals surface area contributed by atoms with Crippen LogP contribution >= 0.6 is 0 Å². The first kappa shape index (κ1) is 29.8. The van der Waals surface area contributed by atoms with Gasteiger partial charge in [0.2, 0.25) is 5.71 Å². The monoisotopic (exact) mass is 591 g/mol. The van der Waals surface area contributed by atoms with Gasteiger partial charge >= 0.3 is 5.97 Å². The van der Waals surface area contributed by atoms with E-state index >= 15 is 0 Å². The summed E-state index contributed by atoms with van der Waals surface area (Å²) in [5.41, 5.74) is -0.0556. The third-order valence-corrected chi connectivity index (χ3v) is 10.6. The predicted molar refractivity (Wildman–Crippen MR) is 164 cm³/mol. The highest BCUT2D eigenvalue weighted by Gasteiger charge is 2.45. The molecule has 10 nitrogen and oxygen atoms in total. The number of aliphatic carboxylic acids is 1. The molecule has 3 heterocycles. The summed E-state index contributed by atoms with van der Waals surface area (Å²) in [6, 6.07) is 8.85. The first-order chi connectivity index (χ1) is 20.9. The number of para-hydroxylation sites is 2. The number of aromatic nitrogens is 2. The number of carbonyl (C=O) groups excluding carboxylic acids is 1. The molecule has 0 radical (unpaired) electrons. The van der Waals surface area contributed by atoms with Gasteiger partial charge in [-0.3, -0.25) is 14.5 Å². The topological polar surface area (TPSA) is 117 Å². The molecule has 2 saturated heterocycles. The van der Waals surface area contributed by atoms with E-state index in [9.17, 15) is 19.5 Å². The molecule has 2 aliphatic heterocycles. The minimum Gasteiger partial charge on any atom is -0.476 e. The number of carboxylic acids is 1. The van der Waals surface area contributed by atoms with E-state index in [-0.39, 0.29) is 17.6 Å². The van der Waals surface area contributed by atoms with Crippen molar-refractivity contribution in [1.29, 1.82) is 0 Å². The maximum Gasteiger partial charge on any atom is 0.360 e. The Morgan fingerprint density at radius 1 is 0.930 bits per heavy atom. The number of benzene rings is 1. The number of rotatable bonds is 9. The van der Waals surface area contributed by atoms with Crippen LogP contribution in [0.15, 0.2) is 34.2 Å². The van der Waals surface area contributed by atoms with Crippen molar-refractivity contribution >= 4 is 28.6 Å². The van der Waals surface area contributed by atoms with Gasteiger partial charge in [0, 0.05) is 37.3 Å². The van der Waals surface area contributed by atoms with Gasteiger partial charge in [0.25, 0.3) is 11.5 Å². The summed E-state index contributed by atoms with van der Waals surface area (Å²) in [7, 11) is 0. The van der Waals surface area contributed by atoms with Crippen molar-refractivity contribution in [3.05, 3.63) is 40.3 Å². The fourth-order valence-corrected chi connectivity index (χ4v) is 8.81. The summed E-state index contributed by atoms with van der Waals surface area (Å²) in [5.74, 6) is 0.00516. The van der Waals surface area contributed by atoms with E-state index < -0.39 is 23.8 Å². The first-order valence-corrected chi connectivity index (χ1v) is 16.4. The Hall–Kier alpha value is -3.27. The van der Waals surface area contributed by atoms with Crippen LogP contribution in [0.3, 0.4) is 0 Å². The Morgan fingerprint density at radius 2 is 1.58 bits per heavy atom. The minimum atomic E-state index is -1.42. The summed E-state index contributed by atoms with van der Waals surface area (Å²) >= 11 is 0. The lowest BCUT2D eigenvalue weighted by Crippen LogP contribution is -2.58. The largest absolute Gasteiger partial charge is 0.476 e. The molecule has 4 atom stereocenters. The Labute approximate surface area is 253 Å². The highest BCUT2D eigenvalue weighted by atomic mass is 16.6. The molecule has 0 spiro atoms. The maximum absolute atomic E-state index is 14.2. The highest BCUT2D eigenvalue weighted by Crippen LogP contribution is 2.47. The number of oxime groups is 1. The number of fused-ring (bicyclic) bond motifs is 5. The van der Waals surface area contributed by atoms with Crippen molar-refractivity contribution in [2.45, 2.75) is 109 Å². The molecular formula is C33H45N5O5. The van der Waals surface area contributed by atoms with Gasteiger partial charge in [0.15, 0.2) is 12.3 Å². The fraction of sp³-hybridized carbons (Fsp3) is 0.667. The van der Waals surface area contributed by atoms with Crippen LogP contribution in [0.2, 0.25) is 0 Å². The SMILES string of the molecule is CCN(CC)C(=O)CO/N=C(\C(=O)O)c1nc2ccccc2n(C2CC3CCCC(C2)N3C2CC3CCCC(C3)C2)c1=O. The van der Waals surface area contributed by atoms with Crippen molar-refractivity contribution in [2.75, 3.05) is 19.7 Å². The molecular weight excluding hydrogens is 546 g/mol. The molecule has 43 heavy (non-hydrogen) atoms. The molecule has 4 fully saturated rings. The van der Waals surface area contributed by atoms with Gasteiger partial charge in [-0.2, -0.15) is 0 Å². The maximum atomic E-state index is 14.2. The van der Waals surface area contributed by atoms with E-state index in [1.807, 2.05) is 32.0 Å². The van der Waals surface area contributed by atoms with Crippen LogP contribution in [-0.4, -0.2) is 79.9 Å². The molecule has 4 bridgehead atoms. The van der Waals surface area contributed by atoms with Crippen molar-refractivity contribution in [2.24, 2.45) is 17.0 Å². The fourth-order valence-electron chi connectivity index (χ4n) is 8.81. The van der Waals surface area contributed by atoms with Crippen LogP contribution < -0.4 is 5.56 Å². The van der Waals surface area contributed by atoms with E-state index in [1.165, 1.54) is 44.9 Å². The lowest BCUT2D eigenvalue weighted by molar-refractivity contribution is -0.136. The Balaban J connectivity index is 1.31. The van der Waals surface area contributed by atoms with Crippen LogP contribution in [0.4, 0.5) is 0 Å². The number of hydrogen-bond donors (Lipinski definition) is 1. The zero-order valence-corrected chi connectivity index (χ0v) is 25.5. The average Bonchev–Trinajstić information content (AvgIpc) is 2.99. The first-order valence-electron chi connectivity index (χ1n) is 16.4. The third-order valence-electron chi connectivity index (χ3n) is 10.6. The van der Waals surface area contributed by atoms with E-state index in [0.717, 1.165) is 37.5 Å². The third kappa shape index (κ3) is 5.95. The molecule has 6 rings (SSSR count). The van der Waals surface area contributed by atoms with E-state index in [2.05, 4.69) is 15.0 Å². The van der Waals surface area contributed by atoms with Crippen molar-refractivity contribution < 1.29 is 19.5 Å². The van der Waals surface area contributed by atoms with Gasteiger partial charge in [-0.05, 0) is 82.8 Å². The van der Waals surface area contributed by atoms with Gasteiger partial charge in [-0.1, -0.05) is 43.0 Å². The summed E-state index contributed by atoms with van der Waals surface area (Å²) in [5, 5.41) is 13.9. The van der Waals surface area contributed by atoms with Gasteiger partial charge in [0.05, 0.1) is 11.0 Å². The molecule has 1 aromatic heterocycles. The van der Waals surface area contributed by atoms with Crippen molar-refractivity contribution in [3.8, 4) is 0 Å². The molecule has 4 aliphatic rings. The van der Waals surface area contributed by atoms with Crippen LogP contribution in [0.1, 0.15) is 96.2 Å². The number of piperidine rings is 2. The quantitative estimate of drug-likeness (QED) is 0.335. The smallest absolute Gasteiger partial charge is 0.360 e. The van der Waals surface area contributed by atoms with Crippen LogP contribution in [0, 0.1) is 11.8 Å².